The van der Waals surface area contributed by atoms with Gasteiger partial charge >= 0.3 is 5.69 Å². The maximum atomic E-state index is 12.3. The van der Waals surface area contributed by atoms with E-state index in [1.807, 2.05) is 39.3 Å². The van der Waals surface area contributed by atoms with Crippen LogP contribution < -0.4 is 10.6 Å². The maximum Gasteiger partial charge on any atom is 0.351 e. The molecule has 3 rings (SSSR count). The van der Waals surface area contributed by atoms with Crippen molar-refractivity contribution in [2.45, 2.75) is 13.2 Å². The second-order valence-corrected chi connectivity index (χ2v) is 5.93. The van der Waals surface area contributed by atoms with Crippen LogP contribution in [0.25, 0.3) is 5.65 Å². The molecule has 1 aromatic carbocycles. The molecule has 0 aliphatic carbocycles. The molecule has 2 aromatic heterocycles. The van der Waals surface area contributed by atoms with Crippen molar-refractivity contribution < 1.29 is 0 Å². The Kier molecular flexibility index (Phi) is 4.16. The molecule has 0 fully saturated rings. The van der Waals surface area contributed by atoms with Gasteiger partial charge in [0.2, 0.25) is 0 Å². The summed E-state index contributed by atoms with van der Waals surface area (Å²) in [5.74, 6) is 0. The zero-order chi connectivity index (χ0) is 16.4. The number of aromatic nitrogens is 3. The molecule has 120 valence electrons. The molecule has 0 spiro atoms. The van der Waals surface area contributed by atoms with Crippen molar-refractivity contribution in [3.05, 3.63) is 64.7 Å². The van der Waals surface area contributed by atoms with E-state index in [0.29, 0.717) is 12.3 Å². The lowest BCUT2D eigenvalue weighted by Crippen LogP contribution is -2.30. The van der Waals surface area contributed by atoms with Crippen LogP contribution >= 0.6 is 0 Å². The molecular formula is C17H21N5O. The van der Waals surface area contributed by atoms with Crippen LogP contribution in [0.3, 0.4) is 0 Å². The number of hydrogen-bond donors (Lipinski definition) is 0. The second kappa shape index (κ2) is 6.26. The number of anilines is 1. The molecule has 6 nitrogen and oxygen atoms in total. The second-order valence-electron chi connectivity index (χ2n) is 5.93. The van der Waals surface area contributed by atoms with E-state index >= 15 is 0 Å². The fourth-order valence-electron chi connectivity index (χ4n) is 2.55. The van der Waals surface area contributed by atoms with Crippen molar-refractivity contribution in [3.8, 4) is 0 Å². The third kappa shape index (κ3) is 3.27. The predicted molar refractivity (Wildman–Crippen MR) is 91.7 cm³/mol. The van der Waals surface area contributed by atoms with Crippen LogP contribution in [-0.4, -0.2) is 40.2 Å². The Morgan fingerprint density at radius 3 is 2.43 bits per heavy atom. The summed E-state index contributed by atoms with van der Waals surface area (Å²) in [5.41, 5.74) is 2.93. The molecule has 0 bridgehead atoms. The molecule has 0 unspecified atom stereocenters. The van der Waals surface area contributed by atoms with Gasteiger partial charge in [-0.2, -0.15) is 4.68 Å². The van der Waals surface area contributed by atoms with Gasteiger partial charge < -0.3 is 4.90 Å². The van der Waals surface area contributed by atoms with Gasteiger partial charge in [0, 0.05) is 32.5 Å². The third-order valence-corrected chi connectivity index (χ3v) is 3.77. The average molecular weight is 311 g/mol. The standard InChI is InChI=1S/C17H21N5O/c1-19(2)15-9-7-14(8-10-15)12-20(3)13-22-17(23)21-11-5-4-6-16(21)18-22/h4-11H,12-13H2,1-3H3. The fraction of sp³-hybridized carbons (Fsp3) is 0.294. The SMILES string of the molecule is CN(Cc1ccc(N(C)C)cc1)Cn1nc2ccccn2c1=O. The van der Waals surface area contributed by atoms with E-state index < -0.39 is 0 Å². The van der Waals surface area contributed by atoms with Gasteiger partial charge in [0.1, 0.15) is 0 Å². The Labute approximate surface area is 135 Å². The average Bonchev–Trinajstić information content (AvgIpc) is 2.84. The fourth-order valence-corrected chi connectivity index (χ4v) is 2.55. The highest BCUT2D eigenvalue weighted by Crippen LogP contribution is 2.13. The highest BCUT2D eigenvalue weighted by atomic mass is 16.2. The first-order chi connectivity index (χ1) is 11.0. The zero-order valence-corrected chi connectivity index (χ0v) is 13.7. The van der Waals surface area contributed by atoms with Crippen molar-refractivity contribution in [2.75, 3.05) is 26.0 Å². The monoisotopic (exact) mass is 311 g/mol. The Hall–Kier alpha value is -2.60. The van der Waals surface area contributed by atoms with Gasteiger partial charge in [0.25, 0.3) is 0 Å². The summed E-state index contributed by atoms with van der Waals surface area (Å²) in [6, 6.07) is 14.0. The van der Waals surface area contributed by atoms with Gasteiger partial charge in [-0.15, -0.1) is 5.10 Å². The Balaban J connectivity index is 1.72. The number of nitrogens with zero attached hydrogens (tertiary/aromatic N) is 5. The van der Waals surface area contributed by atoms with Crippen LogP contribution in [0.2, 0.25) is 0 Å². The van der Waals surface area contributed by atoms with Crippen molar-refractivity contribution in [2.24, 2.45) is 0 Å². The van der Waals surface area contributed by atoms with Gasteiger partial charge in [-0.1, -0.05) is 18.2 Å². The van der Waals surface area contributed by atoms with Crippen LogP contribution in [0.4, 0.5) is 5.69 Å². The van der Waals surface area contributed by atoms with Gasteiger partial charge in [-0.25, -0.2) is 4.79 Å². The molecule has 0 aliphatic heterocycles. The van der Waals surface area contributed by atoms with Crippen molar-refractivity contribution >= 4 is 11.3 Å². The first kappa shape index (κ1) is 15.3. The highest BCUT2D eigenvalue weighted by Gasteiger charge is 2.08. The molecule has 6 heteroatoms. The van der Waals surface area contributed by atoms with Crippen LogP contribution in [-0.2, 0) is 13.2 Å². The largest absolute Gasteiger partial charge is 0.378 e. The number of hydrogen-bond acceptors (Lipinski definition) is 4. The summed E-state index contributed by atoms with van der Waals surface area (Å²) >= 11 is 0. The molecule has 0 aliphatic rings. The normalized spacial score (nSPS) is 11.3. The molecule has 0 saturated heterocycles. The van der Waals surface area contributed by atoms with Gasteiger partial charge in [-0.05, 0) is 36.9 Å². The van der Waals surface area contributed by atoms with E-state index in [9.17, 15) is 4.79 Å². The van der Waals surface area contributed by atoms with E-state index in [1.54, 1.807) is 10.6 Å². The van der Waals surface area contributed by atoms with E-state index in [4.69, 9.17) is 0 Å². The molecule has 0 amide bonds. The number of fused-ring (bicyclic) bond motifs is 1. The zero-order valence-electron chi connectivity index (χ0n) is 13.7. The molecule has 23 heavy (non-hydrogen) atoms. The minimum absolute atomic E-state index is 0.115. The lowest BCUT2D eigenvalue weighted by atomic mass is 10.2. The Morgan fingerprint density at radius 2 is 1.78 bits per heavy atom. The minimum atomic E-state index is -0.115. The van der Waals surface area contributed by atoms with E-state index in [-0.39, 0.29) is 5.69 Å². The summed E-state index contributed by atoms with van der Waals surface area (Å²) < 4.78 is 3.04. The summed E-state index contributed by atoms with van der Waals surface area (Å²) in [7, 11) is 6.03. The number of pyridine rings is 1. The van der Waals surface area contributed by atoms with Gasteiger partial charge in [-0.3, -0.25) is 9.30 Å². The van der Waals surface area contributed by atoms with Crippen LogP contribution in [0.1, 0.15) is 5.56 Å². The quantitative estimate of drug-likeness (QED) is 0.719. The van der Waals surface area contributed by atoms with E-state index in [2.05, 4.69) is 39.2 Å². The van der Waals surface area contributed by atoms with E-state index in [0.717, 1.165) is 6.54 Å². The lowest BCUT2D eigenvalue weighted by molar-refractivity contribution is 0.242. The number of benzene rings is 1. The first-order valence-corrected chi connectivity index (χ1v) is 7.53. The Bertz CT molecular complexity index is 847. The predicted octanol–water partition coefficient (Wildman–Crippen LogP) is 1.65. The van der Waals surface area contributed by atoms with Crippen LogP contribution in [0.15, 0.2) is 53.5 Å². The third-order valence-electron chi connectivity index (χ3n) is 3.77. The topological polar surface area (TPSA) is 45.8 Å². The minimum Gasteiger partial charge on any atom is -0.378 e. The Morgan fingerprint density at radius 1 is 1.04 bits per heavy atom. The smallest absolute Gasteiger partial charge is 0.351 e. The summed E-state index contributed by atoms with van der Waals surface area (Å²) in [6.07, 6.45) is 1.74. The molecule has 0 N–H and O–H groups in total. The maximum absolute atomic E-state index is 12.3. The summed E-state index contributed by atoms with van der Waals surface area (Å²) in [4.78, 5) is 16.4. The summed E-state index contributed by atoms with van der Waals surface area (Å²) in [5, 5.41) is 4.35. The molecule has 0 radical (unpaired) electrons. The van der Waals surface area contributed by atoms with Gasteiger partial charge in [0.15, 0.2) is 5.65 Å². The first-order valence-electron chi connectivity index (χ1n) is 7.53. The van der Waals surface area contributed by atoms with Crippen molar-refractivity contribution in [3.63, 3.8) is 0 Å². The van der Waals surface area contributed by atoms with E-state index in [1.165, 1.54) is 15.9 Å². The molecule has 2 heterocycles. The molecule has 3 aromatic rings. The summed E-state index contributed by atoms with van der Waals surface area (Å²) in [6.45, 7) is 1.21. The molecule has 0 atom stereocenters. The number of rotatable bonds is 5. The van der Waals surface area contributed by atoms with Crippen molar-refractivity contribution in [1.29, 1.82) is 0 Å². The molecular weight excluding hydrogens is 290 g/mol. The lowest BCUT2D eigenvalue weighted by Gasteiger charge is -2.17. The van der Waals surface area contributed by atoms with Gasteiger partial charge in [0.05, 0.1) is 6.67 Å². The highest BCUT2D eigenvalue weighted by molar-refractivity contribution is 5.45. The van der Waals surface area contributed by atoms with Crippen LogP contribution in [0.5, 0.6) is 0 Å². The molecule has 0 saturated carbocycles. The van der Waals surface area contributed by atoms with Crippen molar-refractivity contribution in [1.82, 2.24) is 19.1 Å². The van der Waals surface area contributed by atoms with Crippen LogP contribution in [0, 0.1) is 0 Å².